The molecule has 0 bridgehead atoms. The molecule has 0 radical (unpaired) electrons. The van der Waals surface area contributed by atoms with Crippen LogP contribution in [0.4, 0.5) is 0 Å². The summed E-state index contributed by atoms with van der Waals surface area (Å²) in [5.41, 5.74) is 0. The second kappa shape index (κ2) is 14.4. The Kier molecular flexibility index (Phi) is 9.93. The Balaban J connectivity index is 1.80. The summed E-state index contributed by atoms with van der Waals surface area (Å²) in [7, 11) is -2.46. The van der Waals surface area contributed by atoms with Gasteiger partial charge in [-0.3, -0.25) is 0 Å². The van der Waals surface area contributed by atoms with Crippen molar-refractivity contribution in [3.8, 4) is 0 Å². The predicted octanol–water partition coefficient (Wildman–Crippen LogP) is 8.84. The molecule has 3 heteroatoms. The van der Waals surface area contributed by atoms with E-state index in [9.17, 15) is 0 Å². The van der Waals surface area contributed by atoms with Gasteiger partial charge in [0.15, 0.2) is 0 Å². The van der Waals surface area contributed by atoms with Gasteiger partial charge in [-0.1, -0.05) is 195 Å². The Labute approximate surface area is 261 Å². The highest BCUT2D eigenvalue weighted by Crippen LogP contribution is 2.79. The van der Waals surface area contributed by atoms with Crippen molar-refractivity contribution in [1.82, 2.24) is 0 Å². The van der Waals surface area contributed by atoms with Crippen molar-refractivity contribution in [3.63, 3.8) is 0 Å². The monoisotopic (exact) mass is 610 g/mol. The van der Waals surface area contributed by atoms with Gasteiger partial charge < -0.3 is 0 Å². The molecule has 0 unspecified atom stereocenters. The summed E-state index contributed by atoms with van der Waals surface area (Å²) in [4.78, 5) is 0. The Bertz CT molecular complexity index is 1340. The van der Waals surface area contributed by atoms with Gasteiger partial charge in [0.25, 0.3) is 0 Å². The van der Waals surface area contributed by atoms with Crippen molar-refractivity contribution < 1.29 is 0 Å². The van der Waals surface area contributed by atoms with Crippen LogP contribution in [0.25, 0.3) is 0 Å². The molecule has 0 saturated carbocycles. The zero-order chi connectivity index (χ0) is 29.3. The van der Waals surface area contributed by atoms with Crippen LogP contribution in [-0.2, 0) is 0 Å². The molecule has 0 aromatic heterocycles. The van der Waals surface area contributed by atoms with Crippen LogP contribution < -0.4 is 31.8 Å². The standard InChI is InChI=1S/C40H37P3/c1-2-33-40(41(34-21-9-3-10-22-34)35-23-11-4-12-24-35,42(36-25-13-5-14-26-36)37-27-15-6-16-28-37)43(38-29-17-7-18-30-38)39-31-19-8-20-32-39/h3-32H,2,33H2,1H3. The summed E-state index contributed by atoms with van der Waals surface area (Å²) in [5.74, 6) is 0. The fourth-order valence-corrected chi connectivity index (χ4v) is 20.2. The molecule has 0 nitrogen and oxygen atoms in total. The number of benzene rings is 6. The van der Waals surface area contributed by atoms with E-state index in [1.165, 1.54) is 31.8 Å². The smallest absolute Gasteiger partial charge is 0.0545 e. The summed E-state index contributed by atoms with van der Waals surface area (Å²) in [6.45, 7) is 2.39. The zero-order valence-corrected chi connectivity index (χ0v) is 27.3. The van der Waals surface area contributed by atoms with Crippen molar-refractivity contribution in [2.45, 2.75) is 24.4 Å². The third-order valence-electron chi connectivity index (χ3n) is 7.75. The van der Waals surface area contributed by atoms with Crippen LogP contribution in [0.5, 0.6) is 0 Å². The molecule has 0 atom stereocenters. The quantitative estimate of drug-likeness (QED) is 0.129. The minimum atomic E-state index is -0.820. The van der Waals surface area contributed by atoms with E-state index in [-0.39, 0.29) is 4.64 Å². The van der Waals surface area contributed by atoms with Gasteiger partial charge in [-0.25, -0.2) is 0 Å². The Morgan fingerprint density at radius 3 is 0.674 bits per heavy atom. The van der Waals surface area contributed by atoms with E-state index in [1.807, 2.05) is 0 Å². The van der Waals surface area contributed by atoms with Gasteiger partial charge in [0.2, 0.25) is 0 Å². The van der Waals surface area contributed by atoms with Gasteiger partial charge >= 0.3 is 0 Å². The molecule has 0 aliphatic rings. The highest BCUT2D eigenvalue weighted by atomic mass is 31.2. The SMILES string of the molecule is CCCC(P(c1ccccc1)c1ccccc1)(P(c1ccccc1)c1ccccc1)P(c1ccccc1)c1ccccc1. The second-order valence-electron chi connectivity index (χ2n) is 10.5. The summed E-state index contributed by atoms with van der Waals surface area (Å²) in [5, 5.41) is 8.73. The minimum absolute atomic E-state index is 0.0805. The molecule has 0 heterocycles. The third kappa shape index (κ3) is 6.30. The lowest BCUT2D eigenvalue weighted by Gasteiger charge is -2.53. The topological polar surface area (TPSA) is 0 Å². The maximum Gasteiger partial charge on any atom is 0.0545 e. The summed E-state index contributed by atoms with van der Waals surface area (Å²) in [6.07, 6.45) is 2.23. The summed E-state index contributed by atoms with van der Waals surface area (Å²) in [6, 6.07) is 68.7. The van der Waals surface area contributed by atoms with Gasteiger partial charge in [0.05, 0.1) is 4.64 Å². The van der Waals surface area contributed by atoms with Crippen LogP contribution in [0, 0.1) is 0 Å². The van der Waals surface area contributed by atoms with Crippen LogP contribution in [0.2, 0.25) is 0 Å². The van der Waals surface area contributed by atoms with Crippen LogP contribution in [0.1, 0.15) is 19.8 Å². The number of hydrogen-bond acceptors (Lipinski definition) is 0. The minimum Gasteiger partial charge on any atom is -0.0653 e. The fourth-order valence-electron chi connectivity index (χ4n) is 6.12. The van der Waals surface area contributed by atoms with Gasteiger partial charge in [0.1, 0.15) is 0 Å². The van der Waals surface area contributed by atoms with Gasteiger partial charge in [-0.15, -0.1) is 0 Å². The first kappa shape index (κ1) is 29.7. The lowest BCUT2D eigenvalue weighted by Crippen LogP contribution is -2.42. The van der Waals surface area contributed by atoms with Crippen molar-refractivity contribution in [2.24, 2.45) is 0 Å². The number of hydrogen-bond donors (Lipinski definition) is 0. The molecule has 212 valence electrons. The predicted molar refractivity (Wildman–Crippen MR) is 195 cm³/mol. The van der Waals surface area contributed by atoms with Crippen LogP contribution >= 0.6 is 23.8 Å². The first-order chi connectivity index (χ1) is 21.3. The lowest BCUT2D eigenvalue weighted by atomic mass is 10.3. The first-order valence-electron chi connectivity index (χ1n) is 15.0. The molecule has 0 N–H and O–H groups in total. The highest BCUT2D eigenvalue weighted by molar-refractivity contribution is 8.05. The van der Waals surface area contributed by atoms with Crippen LogP contribution in [0.15, 0.2) is 182 Å². The first-order valence-corrected chi connectivity index (χ1v) is 19.1. The van der Waals surface area contributed by atoms with Gasteiger partial charge in [-0.05, 0) is 62.0 Å². The molecule has 6 aromatic rings. The van der Waals surface area contributed by atoms with Crippen LogP contribution in [0.3, 0.4) is 0 Å². The molecule has 6 rings (SSSR count). The second-order valence-corrected chi connectivity index (χ2v) is 19.0. The van der Waals surface area contributed by atoms with Crippen molar-refractivity contribution in [3.05, 3.63) is 182 Å². The maximum absolute atomic E-state index is 2.40. The molecular weight excluding hydrogens is 573 g/mol. The van der Waals surface area contributed by atoms with E-state index in [4.69, 9.17) is 0 Å². The maximum atomic E-state index is 2.40. The molecule has 6 aromatic carbocycles. The molecular formula is C40H37P3. The Morgan fingerprint density at radius 2 is 0.512 bits per heavy atom. The highest BCUT2D eigenvalue weighted by Gasteiger charge is 2.53. The largest absolute Gasteiger partial charge is 0.0653 e. The van der Waals surface area contributed by atoms with Gasteiger partial charge in [0, 0.05) is 0 Å². The Hall–Kier alpha value is -3.39. The van der Waals surface area contributed by atoms with E-state index in [1.54, 1.807) is 0 Å². The van der Waals surface area contributed by atoms with E-state index in [0.717, 1.165) is 12.8 Å². The van der Waals surface area contributed by atoms with Crippen molar-refractivity contribution in [2.75, 3.05) is 0 Å². The lowest BCUT2D eigenvalue weighted by molar-refractivity contribution is 0.829. The molecule has 43 heavy (non-hydrogen) atoms. The van der Waals surface area contributed by atoms with E-state index in [2.05, 4.69) is 189 Å². The van der Waals surface area contributed by atoms with E-state index < -0.39 is 23.8 Å². The average Bonchev–Trinajstić information content (AvgIpc) is 3.08. The van der Waals surface area contributed by atoms with Crippen molar-refractivity contribution >= 4 is 55.6 Å². The number of rotatable bonds is 11. The van der Waals surface area contributed by atoms with E-state index >= 15 is 0 Å². The molecule has 0 aliphatic carbocycles. The Morgan fingerprint density at radius 1 is 0.326 bits per heavy atom. The van der Waals surface area contributed by atoms with Crippen molar-refractivity contribution in [1.29, 1.82) is 0 Å². The normalized spacial score (nSPS) is 11.7. The molecule has 0 amide bonds. The molecule has 0 fully saturated rings. The average molecular weight is 611 g/mol. The zero-order valence-electron chi connectivity index (χ0n) is 24.6. The molecule has 0 aliphatic heterocycles. The van der Waals surface area contributed by atoms with Crippen LogP contribution in [-0.4, -0.2) is 4.64 Å². The third-order valence-corrected chi connectivity index (χ3v) is 19.1. The summed E-state index contributed by atoms with van der Waals surface area (Å²) < 4.78 is -0.0805. The fraction of sp³-hybridized carbons (Fsp3) is 0.100. The van der Waals surface area contributed by atoms with E-state index in [0.29, 0.717) is 0 Å². The molecule has 0 saturated heterocycles. The molecule has 0 spiro atoms. The summed E-state index contributed by atoms with van der Waals surface area (Å²) >= 11 is 0. The van der Waals surface area contributed by atoms with Gasteiger partial charge in [-0.2, -0.15) is 0 Å².